The third-order valence-electron chi connectivity index (χ3n) is 4.04. The minimum absolute atomic E-state index is 0.167. The first-order valence-electron chi connectivity index (χ1n) is 7.83. The molecular formula is C15H31N3O. The summed E-state index contributed by atoms with van der Waals surface area (Å²) in [6.07, 6.45) is 4.51. The fourth-order valence-electron chi connectivity index (χ4n) is 2.60. The minimum atomic E-state index is 0.167. The third kappa shape index (κ3) is 5.91. The predicted molar refractivity (Wildman–Crippen MR) is 80.2 cm³/mol. The van der Waals surface area contributed by atoms with Gasteiger partial charge in [-0.3, -0.25) is 9.69 Å². The maximum absolute atomic E-state index is 12.1. The highest BCUT2D eigenvalue weighted by Gasteiger charge is 2.21. The van der Waals surface area contributed by atoms with Crippen LogP contribution < -0.4 is 10.6 Å². The number of hydrogen-bond acceptors (Lipinski definition) is 3. The number of nitrogens with zero attached hydrogens (tertiary/aromatic N) is 1. The SMILES string of the molecule is CCC(CC)NC(=O)CN(CC1CCCN1)C(C)C. The van der Waals surface area contributed by atoms with Gasteiger partial charge in [0.25, 0.3) is 0 Å². The van der Waals surface area contributed by atoms with E-state index < -0.39 is 0 Å². The van der Waals surface area contributed by atoms with Crippen molar-refractivity contribution in [3.63, 3.8) is 0 Å². The van der Waals surface area contributed by atoms with Gasteiger partial charge in [-0.25, -0.2) is 0 Å². The van der Waals surface area contributed by atoms with Crippen LogP contribution >= 0.6 is 0 Å². The van der Waals surface area contributed by atoms with E-state index >= 15 is 0 Å². The summed E-state index contributed by atoms with van der Waals surface area (Å²) < 4.78 is 0. The molecule has 1 fully saturated rings. The van der Waals surface area contributed by atoms with E-state index in [1.54, 1.807) is 0 Å². The molecular weight excluding hydrogens is 238 g/mol. The fraction of sp³-hybridized carbons (Fsp3) is 0.933. The average molecular weight is 269 g/mol. The second kappa shape index (κ2) is 8.54. The Labute approximate surface area is 118 Å². The van der Waals surface area contributed by atoms with Gasteiger partial charge in [0.2, 0.25) is 5.91 Å². The zero-order valence-electron chi connectivity index (χ0n) is 13.0. The molecule has 1 aliphatic rings. The molecule has 1 atom stereocenters. The molecule has 4 heteroatoms. The second-order valence-corrected chi connectivity index (χ2v) is 5.90. The number of rotatable bonds is 8. The van der Waals surface area contributed by atoms with Gasteiger partial charge in [-0.2, -0.15) is 0 Å². The largest absolute Gasteiger partial charge is 0.352 e. The summed E-state index contributed by atoms with van der Waals surface area (Å²) in [6, 6.07) is 1.30. The van der Waals surface area contributed by atoms with Gasteiger partial charge >= 0.3 is 0 Å². The Morgan fingerprint density at radius 2 is 2.05 bits per heavy atom. The van der Waals surface area contributed by atoms with E-state index in [1.807, 2.05) is 0 Å². The van der Waals surface area contributed by atoms with Crippen LogP contribution in [0.3, 0.4) is 0 Å². The first-order valence-corrected chi connectivity index (χ1v) is 7.83. The van der Waals surface area contributed by atoms with Crippen LogP contribution in [-0.4, -0.2) is 48.6 Å². The molecule has 2 N–H and O–H groups in total. The van der Waals surface area contributed by atoms with E-state index in [-0.39, 0.29) is 5.91 Å². The molecule has 1 aliphatic heterocycles. The van der Waals surface area contributed by atoms with Gasteiger partial charge in [-0.1, -0.05) is 13.8 Å². The molecule has 0 aliphatic carbocycles. The molecule has 1 rings (SSSR count). The van der Waals surface area contributed by atoms with E-state index in [2.05, 4.69) is 43.2 Å². The van der Waals surface area contributed by atoms with Crippen LogP contribution in [0.2, 0.25) is 0 Å². The van der Waals surface area contributed by atoms with Gasteiger partial charge in [0.1, 0.15) is 0 Å². The van der Waals surface area contributed by atoms with Crippen molar-refractivity contribution in [2.75, 3.05) is 19.6 Å². The molecule has 0 bridgehead atoms. The van der Waals surface area contributed by atoms with E-state index in [9.17, 15) is 4.79 Å². The van der Waals surface area contributed by atoms with E-state index in [0.717, 1.165) is 25.9 Å². The van der Waals surface area contributed by atoms with Crippen molar-refractivity contribution < 1.29 is 4.79 Å². The molecule has 0 aromatic heterocycles. The Kier molecular flexibility index (Phi) is 7.39. The summed E-state index contributed by atoms with van der Waals surface area (Å²) in [5, 5.41) is 6.63. The molecule has 1 saturated heterocycles. The van der Waals surface area contributed by atoms with Crippen LogP contribution in [0.25, 0.3) is 0 Å². The monoisotopic (exact) mass is 269 g/mol. The highest BCUT2D eigenvalue weighted by atomic mass is 16.2. The summed E-state index contributed by atoms with van der Waals surface area (Å²) >= 11 is 0. The van der Waals surface area contributed by atoms with Crippen LogP contribution in [0, 0.1) is 0 Å². The van der Waals surface area contributed by atoms with Crippen molar-refractivity contribution in [1.29, 1.82) is 0 Å². The Balaban J connectivity index is 2.41. The zero-order valence-corrected chi connectivity index (χ0v) is 13.0. The summed E-state index contributed by atoms with van der Waals surface area (Å²) in [6.45, 7) is 11.2. The van der Waals surface area contributed by atoms with E-state index in [0.29, 0.717) is 24.7 Å². The molecule has 0 radical (unpaired) electrons. The first-order chi connectivity index (χ1) is 9.06. The van der Waals surface area contributed by atoms with Gasteiger partial charge < -0.3 is 10.6 Å². The number of amides is 1. The lowest BCUT2D eigenvalue weighted by Crippen LogP contribution is -2.47. The highest BCUT2D eigenvalue weighted by molar-refractivity contribution is 5.78. The van der Waals surface area contributed by atoms with Gasteiger partial charge in [0.15, 0.2) is 0 Å². The molecule has 19 heavy (non-hydrogen) atoms. The summed E-state index contributed by atoms with van der Waals surface area (Å²) in [5.41, 5.74) is 0. The fourth-order valence-corrected chi connectivity index (χ4v) is 2.60. The molecule has 0 spiro atoms. The van der Waals surface area contributed by atoms with Crippen molar-refractivity contribution in [2.45, 2.75) is 71.5 Å². The number of hydrogen-bond donors (Lipinski definition) is 2. The van der Waals surface area contributed by atoms with Crippen LogP contribution in [0.15, 0.2) is 0 Å². The van der Waals surface area contributed by atoms with E-state index in [4.69, 9.17) is 0 Å². The van der Waals surface area contributed by atoms with Gasteiger partial charge in [0.05, 0.1) is 6.54 Å². The smallest absolute Gasteiger partial charge is 0.234 e. The maximum atomic E-state index is 12.1. The number of carbonyl (C=O) groups excluding carboxylic acids is 1. The van der Waals surface area contributed by atoms with Crippen molar-refractivity contribution in [3.05, 3.63) is 0 Å². The summed E-state index contributed by atoms with van der Waals surface area (Å²) in [4.78, 5) is 14.4. The standard InChI is InChI=1S/C15H31N3O/c1-5-13(6-2)17-15(19)11-18(12(3)4)10-14-8-7-9-16-14/h12-14,16H,5-11H2,1-4H3,(H,17,19). The lowest BCUT2D eigenvalue weighted by Gasteiger charge is -2.29. The van der Waals surface area contributed by atoms with Crippen LogP contribution in [0.5, 0.6) is 0 Å². The van der Waals surface area contributed by atoms with Crippen LogP contribution in [-0.2, 0) is 4.79 Å². The quantitative estimate of drug-likeness (QED) is 0.705. The lowest BCUT2D eigenvalue weighted by molar-refractivity contribution is -0.123. The molecule has 4 nitrogen and oxygen atoms in total. The normalized spacial score (nSPS) is 19.6. The van der Waals surface area contributed by atoms with Gasteiger partial charge in [-0.15, -0.1) is 0 Å². The van der Waals surface area contributed by atoms with Crippen LogP contribution in [0.4, 0.5) is 0 Å². The summed E-state index contributed by atoms with van der Waals surface area (Å²) in [7, 11) is 0. The summed E-state index contributed by atoms with van der Waals surface area (Å²) in [5.74, 6) is 0.167. The van der Waals surface area contributed by atoms with Crippen molar-refractivity contribution >= 4 is 5.91 Å². The zero-order chi connectivity index (χ0) is 14.3. The topological polar surface area (TPSA) is 44.4 Å². The van der Waals surface area contributed by atoms with Gasteiger partial charge in [0, 0.05) is 24.7 Å². The molecule has 0 aromatic rings. The number of carbonyl (C=O) groups is 1. The molecule has 112 valence electrons. The van der Waals surface area contributed by atoms with Crippen molar-refractivity contribution in [2.24, 2.45) is 0 Å². The highest BCUT2D eigenvalue weighted by Crippen LogP contribution is 2.09. The third-order valence-corrected chi connectivity index (χ3v) is 4.04. The number of nitrogens with one attached hydrogen (secondary N) is 2. The molecule has 1 unspecified atom stereocenters. The second-order valence-electron chi connectivity index (χ2n) is 5.90. The predicted octanol–water partition coefficient (Wildman–Crippen LogP) is 1.75. The first kappa shape index (κ1) is 16.4. The average Bonchev–Trinajstić information content (AvgIpc) is 2.87. The molecule has 0 aromatic carbocycles. The molecule has 1 amide bonds. The van der Waals surface area contributed by atoms with Crippen molar-refractivity contribution in [1.82, 2.24) is 15.5 Å². The van der Waals surface area contributed by atoms with Crippen LogP contribution in [0.1, 0.15) is 53.4 Å². The van der Waals surface area contributed by atoms with Gasteiger partial charge in [-0.05, 0) is 46.1 Å². The Hall–Kier alpha value is -0.610. The maximum Gasteiger partial charge on any atom is 0.234 e. The van der Waals surface area contributed by atoms with Crippen molar-refractivity contribution in [3.8, 4) is 0 Å². The molecule has 1 heterocycles. The van der Waals surface area contributed by atoms with E-state index in [1.165, 1.54) is 12.8 Å². The Morgan fingerprint density at radius 3 is 2.53 bits per heavy atom. The lowest BCUT2D eigenvalue weighted by atomic mass is 10.1. The molecule has 0 saturated carbocycles. The Bertz CT molecular complexity index is 258. The minimum Gasteiger partial charge on any atom is -0.352 e. The Morgan fingerprint density at radius 1 is 1.37 bits per heavy atom.